The molecule has 0 N–H and O–H groups in total. The predicted octanol–water partition coefficient (Wildman–Crippen LogP) is 2.37. The second-order valence-electron chi connectivity index (χ2n) is 7.03. The van der Waals surface area contributed by atoms with Crippen molar-refractivity contribution in [3.8, 4) is 5.75 Å². The van der Waals surface area contributed by atoms with E-state index < -0.39 is 6.04 Å². The average molecular weight is 365 g/mol. The van der Waals surface area contributed by atoms with E-state index in [0.717, 1.165) is 31.7 Å². The standard InChI is InChI=1S/C21H23N3O3/c25-20(16-8-10-22-11-9-16)24-15-18(27-17-6-2-1-3-7-17)14-19(24)21(26)23-12-4-5-13-23/h1-3,6-11,18-19H,4-5,12-15H2/t18-,19-/m0/s1. The normalized spacial score (nSPS) is 22.1. The van der Waals surface area contributed by atoms with Gasteiger partial charge >= 0.3 is 0 Å². The molecule has 1 aromatic heterocycles. The summed E-state index contributed by atoms with van der Waals surface area (Å²) < 4.78 is 6.06. The summed E-state index contributed by atoms with van der Waals surface area (Å²) in [6.07, 6.45) is 5.56. The van der Waals surface area contributed by atoms with Gasteiger partial charge in [0.1, 0.15) is 17.9 Å². The van der Waals surface area contributed by atoms with E-state index in [1.807, 2.05) is 35.2 Å². The van der Waals surface area contributed by atoms with Crippen molar-refractivity contribution in [3.63, 3.8) is 0 Å². The number of pyridine rings is 1. The van der Waals surface area contributed by atoms with E-state index in [1.165, 1.54) is 0 Å². The van der Waals surface area contributed by atoms with Crippen molar-refractivity contribution in [1.29, 1.82) is 0 Å². The molecule has 2 aromatic rings. The molecule has 3 heterocycles. The maximum Gasteiger partial charge on any atom is 0.254 e. The lowest BCUT2D eigenvalue weighted by Gasteiger charge is -2.27. The molecule has 2 saturated heterocycles. The van der Waals surface area contributed by atoms with Gasteiger partial charge in [-0.05, 0) is 37.1 Å². The second-order valence-corrected chi connectivity index (χ2v) is 7.03. The molecule has 4 rings (SSSR count). The number of para-hydroxylation sites is 1. The lowest BCUT2D eigenvalue weighted by atomic mass is 10.1. The highest BCUT2D eigenvalue weighted by Gasteiger charge is 2.43. The number of nitrogens with zero attached hydrogens (tertiary/aromatic N) is 3. The number of ether oxygens (including phenoxy) is 1. The third-order valence-electron chi connectivity index (χ3n) is 5.20. The Balaban J connectivity index is 1.55. The smallest absolute Gasteiger partial charge is 0.254 e. The Labute approximate surface area is 158 Å². The summed E-state index contributed by atoms with van der Waals surface area (Å²) in [5.41, 5.74) is 0.546. The van der Waals surface area contributed by atoms with Gasteiger partial charge in [-0.2, -0.15) is 0 Å². The highest BCUT2D eigenvalue weighted by molar-refractivity contribution is 5.98. The van der Waals surface area contributed by atoms with Crippen LogP contribution in [0.3, 0.4) is 0 Å². The summed E-state index contributed by atoms with van der Waals surface area (Å²) in [5.74, 6) is 0.649. The first-order valence-electron chi connectivity index (χ1n) is 9.44. The lowest BCUT2D eigenvalue weighted by molar-refractivity contribution is -0.134. The van der Waals surface area contributed by atoms with Crippen LogP contribution in [0.2, 0.25) is 0 Å². The zero-order valence-electron chi connectivity index (χ0n) is 15.2. The van der Waals surface area contributed by atoms with Gasteiger partial charge in [0.15, 0.2) is 0 Å². The minimum Gasteiger partial charge on any atom is -0.488 e. The fourth-order valence-corrected chi connectivity index (χ4v) is 3.84. The van der Waals surface area contributed by atoms with Gasteiger partial charge in [-0.1, -0.05) is 18.2 Å². The minimum absolute atomic E-state index is 0.0362. The van der Waals surface area contributed by atoms with Crippen LogP contribution in [0.5, 0.6) is 5.75 Å². The van der Waals surface area contributed by atoms with Crippen LogP contribution in [-0.2, 0) is 4.79 Å². The number of aromatic nitrogens is 1. The van der Waals surface area contributed by atoms with Gasteiger partial charge in [0.05, 0.1) is 6.54 Å². The quantitative estimate of drug-likeness (QED) is 0.835. The number of carbonyl (C=O) groups is 2. The van der Waals surface area contributed by atoms with E-state index in [2.05, 4.69) is 4.98 Å². The molecule has 0 radical (unpaired) electrons. The highest BCUT2D eigenvalue weighted by Crippen LogP contribution is 2.27. The molecule has 0 bridgehead atoms. The third-order valence-corrected chi connectivity index (χ3v) is 5.20. The summed E-state index contributed by atoms with van der Waals surface area (Å²) >= 11 is 0. The Bertz CT molecular complexity index is 791. The van der Waals surface area contributed by atoms with Gasteiger partial charge in [0.2, 0.25) is 5.91 Å². The van der Waals surface area contributed by atoms with Gasteiger partial charge in [-0.3, -0.25) is 14.6 Å². The Morgan fingerprint density at radius 3 is 2.41 bits per heavy atom. The van der Waals surface area contributed by atoms with Crippen molar-refractivity contribution in [2.75, 3.05) is 19.6 Å². The third kappa shape index (κ3) is 3.79. The van der Waals surface area contributed by atoms with Gasteiger partial charge < -0.3 is 14.5 Å². The summed E-state index contributed by atoms with van der Waals surface area (Å²) in [4.78, 5) is 33.6. The Kier molecular flexibility index (Phi) is 5.05. The summed E-state index contributed by atoms with van der Waals surface area (Å²) in [7, 11) is 0. The number of amides is 2. The molecule has 6 heteroatoms. The topological polar surface area (TPSA) is 62.7 Å². The van der Waals surface area contributed by atoms with Crippen LogP contribution >= 0.6 is 0 Å². The highest BCUT2D eigenvalue weighted by atomic mass is 16.5. The Morgan fingerprint density at radius 2 is 1.70 bits per heavy atom. The van der Waals surface area contributed by atoms with Crippen LogP contribution < -0.4 is 4.74 Å². The molecule has 27 heavy (non-hydrogen) atoms. The average Bonchev–Trinajstić information content (AvgIpc) is 3.39. The molecule has 2 amide bonds. The van der Waals surface area contributed by atoms with Crippen molar-refractivity contribution in [1.82, 2.24) is 14.8 Å². The molecule has 0 unspecified atom stereocenters. The van der Waals surface area contributed by atoms with Crippen LogP contribution in [0.15, 0.2) is 54.9 Å². The minimum atomic E-state index is -0.475. The monoisotopic (exact) mass is 365 g/mol. The van der Waals surface area contributed by atoms with Crippen LogP contribution in [0.4, 0.5) is 0 Å². The summed E-state index contributed by atoms with van der Waals surface area (Å²) in [6, 6.07) is 12.4. The van der Waals surface area contributed by atoms with E-state index in [0.29, 0.717) is 18.5 Å². The van der Waals surface area contributed by atoms with Gasteiger partial charge in [0, 0.05) is 37.5 Å². The molecule has 0 aliphatic carbocycles. The fourth-order valence-electron chi connectivity index (χ4n) is 3.84. The van der Waals surface area contributed by atoms with Gasteiger partial charge in [-0.15, -0.1) is 0 Å². The van der Waals surface area contributed by atoms with Crippen LogP contribution in [0.1, 0.15) is 29.6 Å². The number of rotatable bonds is 4. The molecule has 6 nitrogen and oxygen atoms in total. The zero-order chi connectivity index (χ0) is 18.6. The Hall–Kier alpha value is -2.89. The van der Waals surface area contributed by atoms with Crippen molar-refractivity contribution >= 4 is 11.8 Å². The number of hydrogen-bond donors (Lipinski definition) is 0. The van der Waals surface area contributed by atoms with Crippen molar-refractivity contribution in [2.45, 2.75) is 31.4 Å². The largest absolute Gasteiger partial charge is 0.488 e. The van der Waals surface area contributed by atoms with Crippen LogP contribution in [0.25, 0.3) is 0 Å². The molecular weight excluding hydrogens is 342 g/mol. The first-order valence-corrected chi connectivity index (χ1v) is 9.44. The van der Waals surface area contributed by atoms with Crippen molar-refractivity contribution in [3.05, 3.63) is 60.4 Å². The second kappa shape index (κ2) is 7.78. The molecule has 0 saturated carbocycles. The maximum atomic E-state index is 13.1. The predicted molar refractivity (Wildman–Crippen MR) is 100 cm³/mol. The molecule has 140 valence electrons. The van der Waals surface area contributed by atoms with Crippen LogP contribution in [0, 0.1) is 0 Å². The Morgan fingerprint density at radius 1 is 1.00 bits per heavy atom. The molecule has 1 aromatic carbocycles. The molecule has 0 spiro atoms. The molecule has 2 aliphatic heterocycles. The number of benzene rings is 1. The van der Waals surface area contributed by atoms with Crippen molar-refractivity contribution in [2.24, 2.45) is 0 Å². The first kappa shape index (κ1) is 17.5. The van der Waals surface area contributed by atoms with Gasteiger partial charge in [0.25, 0.3) is 5.91 Å². The van der Waals surface area contributed by atoms with E-state index in [9.17, 15) is 9.59 Å². The molecule has 2 fully saturated rings. The molecular formula is C21H23N3O3. The summed E-state index contributed by atoms with van der Waals surface area (Å²) in [5, 5.41) is 0. The number of hydrogen-bond acceptors (Lipinski definition) is 4. The zero-order valence-corrected chi connectivity index (χ0v) is 15.2. The summed E-state index contributed by atoms with van der Waals surface area (Å²) in [6.45, 7) is 1.95. The number of likely N-dealkylation sites (tertiary alicyclic amines) is 2. The van der Waals surface area contributed by atoms with Gasteiger partial charge in [-0.25, -0.2) is 0 Å². The van der Waals surface area contributed by atoms with Crippen LogP contribution in [-0.4, -0.2) is 58.4 Å². The van der Waals surface area contributed by atoms with Crippen molar-refractivity contribution < 1.29 is 14.3 Å². The first-order chi connectivity index (χ1) is 13.2. The molecule has 2 atom stereocenters. The van der Waals surface area contributed by atoms with E-state index in [4.69, 9.17) is 4.74 Å². The SMILES string of the molecule is O=C([C@@H]1C[C@H](Oc2ccccc2)CN1C(=O)c1ccncc1)N1CCCC1. The van der Waals surface area contributed by atoms with E-state index >= 15 is 0 Å². The van der Waals surface area contributed by atoms with E-state index in [1.54, 1.807) is 29.4 Å². The maximum absolute atomic E-state index is 13.1. The van der Waals surface area contributed by atoms with E-state index in [-0.39, 0.29) is 17.9 Å². The molecule has 2 aliphatic rings. The lowest BCUT2D eigenvalue weighted by Crippen LogP contribution is -2.47. The fraction of sp³-hybridized carbons (Fsp3) is 0.381. The number of carbonyl (C=O) groups excluding carboxylic acids is 2.